The monoisotopic (exact) mass is 552 g/mol. The van der Waals surface area contributed by atoms with Crippen molar-refractivity contribution in [3.63, 3.8) is 0 Å². The van der Waals surface area contributed by atoms with Gasteiger partial charge in [0.05, 0.1) is 16.3 Å². The first-order chi connectivity index (χ1) is 18.5. The maximum atomic E-state index is 14.4. The third kappa shape index (κ3) is 5.29. The Hall–Kier alpha value is -4.05. The van der Waals surface area contributed by atoms with Crippen molar-refractivity contribution in [2.45, 2.75) is 25.2 Å². The maximum absolute atomic E-state index is 14.4. The van der Waals surface area contributed by atoms with Crippen LogP contribution >= 0.6 is 11.6 Å². The van der Waals surface area contributed by atoms with E-state index < -0.39 is 23.0 Å². The van der Waals surface area contributed by atoms with Crippen molar-refractivity contribution in [2.75, 3.05) is 44.4 Å². The fourth-order valence-corrected chi connectivity index (χ4v) is 4.86. The average Bonchev–Trinajstić information content (AvgIpc) is 2.89. The van der Waals surface area contributed by atoms with Crippen LogP contribution in [0.25, 0.3) is 0 Å². The average molecular weight is 553 g/mol. The van der Waals surface area contributed by atoms with E-state index in [2.05, 4.69) is 20.8 Å². The van der Waals surface area contributed by atoms with Crippen LogP contribution in [0.1, 0.15) is 51.7 Å². The summed E-state index contributed by atoms with van der Waals surface area (Å²) >= 11 is 5.93. The molecule has 1 aromatic heterocycles. The van der Waals surface area contributed by atoms with Crippen LogP contribution in [0.3, 0.4) is 0 Å². The smallest absolute Gasteiger partial charge is 0.273 e. The van der Waals surface area contributed by atoms with Gasteiger partial charge in [-0.25, -0.2) is 4.39 Å². The van der Waals surface area contributed by atoms with Crippen molar-refractivity contribution in [3.8, 4) is 0 Å². The first-order valence-electron chi connectivity index (χ1n) is 12.4. The van der Waals surface area contributed by atoms with E-state index in [1.54, 1.807) is 26.2 Å². The molecule has 0 saturated carbocycles. The van der Waals surface area contributed by atoms with Crippen LogP contribution in [-0.2, 0) is 10.2 Å². The van der Waals surface area contributed by atoms with Crippen LogP contribution in [0, 0.1) is 5.82 Å². The Labute approximate surface area is 231 Å². The van der Waals surface area contributed by atoms with Gasteiger partial charge in [-0.1, -0.05) is 49.7 Å². The lowest BCUT2D eigenvalue weighted by Gasteiger charge is -2.50. The first-order valence-corrected chi connectivity index (χ1v) is 12.8. The standard InChI is InChI=1S/C28H30ClFN6O3/c1-16(2)17-8-6-7-9-19(17)28(14-36(15-28)24-11-10-22(33-34-24)26(38)35(4)5)27(39)32-23-13-21(30)20(29)12-18(23)25(37)31-3/h6-13,16H,14-15H2,1-5H3,(H,31,37)(H,32,39). The van der Waals surface area contributed by atoms with Crippen molar-refractivity contribution < 1.29 is 18.8 Å². The second-order valence-corrected chi connectivity index (χ2v) is 10.4. The van der Waals surface area contributed by atoms with Crippen LogP contribution in [-0.4, -0.2) is 67.1 Å². The van der Waals surface area contributed by atoms with E-state index in [0.29, 0.717) is 5.82 Å². The molecule has 3 aromatic rings. The lowest BCUT2D eigenvalue weighted by molar-refractivity contribution is -0.122. The second kappa shape index (κ2) is 11.0. The normalized spacial score (nSPS) is 14.0. The number of carbonyl (C=O) groups is 3. The zero-order valence-corrected chi connectivity index (χ0v) is 23.1. The van der Waals surface area contributed by atoms with Gasteiger partial charge in [-0.05, 0) is 41.3 Å². The van der Waals surface area contributed by atoms with E-state index in [9.17, 15) is 18.8 Å². The molecule has 0 unspecified atom stereocenters. The fraction of sp³-hybridized carbons (Fsp3) is 0.321. The van der Waals surface area contributed by atoms with E-state index in [1.807, 2.05) is 43.0 Å². The Morgan fingerprint density at radius 3 is 2.36 bits per heavy atom. The molecule has 3 amide bonds. The van der Waals surface area contributed by atoms with Crippen molar-refractivity contribution in [1.82, 2.24) is 20.4 Å². The molecule has 1 aliphatic heterocycles. The molecule has 0 aliphatic carbocycles. The molecular formula is C28H30ClFN6O3. The van der Waals surface area contributed by atoms with Crippen molar-refractivity contribution in [1.29, 1.82) is 0 Å². The topological polar surface area (TPSA) is 108 Å². The number of hydrogen-bond donors (Lipinski definition) is 2. The molecule has 1 aliphatic rings. The van der Waals surface area contributed by atoms with Crippen LogP contribution in [0.2, 0.25) is 5.02 Å². The Kier molecular flexibility index (Phi) is 7.87. The van der Waals surface area contributed by atoms with Crippen molar-refractivity contribution >= 4 is 40.8 Å². The molecule has 0 bridgehead atoms. The molecule has 4 rings (SSSR count). The first kappa shape index (κ1) is 28.0. The van der Waals surface area contributed by atoms with Gasteiger partial charge in [-0.2, -0.15) is 0 Å². The number of benzene rings is 2. The molecule has 0 spiro atoms. The van der Waals surface area contributed by atoms with Gasteiger partial charge in [0.25, 0.3) is 11.8 Å². The summed E-state index contributed by atoms with van der Waals surface area (Å²) in [5.41, 5.74) is 1.08. The van der Waals surface area contributed by atoms with Gasteiger partial charge in [0.2, 0.25) is 5.91 Å². The van der Waals surface area contributed by atoms with Gasteiger partial charge in [-0.15, -0.1) is 10.2 Å². The van der Waals surface area contributed by atoms with Gasteiger partial charge in [0, 0.05) is 34.2 Å². The van der Waals surface area contributed by atoms with E-state index in [0.717, 1.165) is 17.2 Å². The van der Waals surface area contributed by atoms with Crippen molar-refractivity contribution in [2.24, 2.45) is 0 Å². The van der Waals surface area contributed by atoms with E-state index in [-0.39, 0.29) is 46.9 Å². The van der Waals surface area contributed by atoms with Gasteiger partial charge in [0.15, 0.2) is 11.5 Å². The minimum absolute atomic E-state index is 0.0208. The predicted molar refractivity (Wildman–Crippen MR) is 148 cm³/mol. The van der Waals surface area contributed by atoms with Gasteiger partial charge >= 0.3 is 0 Å². The molecule has 2 heterocycles. The SMILES string of the molecule is CNC(=O)c1cc(Cl)c(F)cc1NC(=O)C1(c2ccccc2C(C)C)CN(c2ccc(C(=O)N(C)C)nn2)C1. The van der Waals surface area contributed by atoms with Crippen LogP contribution in [0.15, 0.2) is 48.5 Å². The molecule has 1 fully saturated rings. The maximum Gasteiger partial charge on any atom is 0.273 e. The molecule has 0 atom stereocenters. The fourth-order valence-electron chi connectivity index (χ4n) is 4.69. The summed E-state index contributed by atoms with van der Waals surface area (Å²) < 4.78 is 14.4. The summed E-state index contributed by atoms with van der Waals surface area (Å²) in [6.45, 7) is 4.60. The summed E-state index contributed by atoms with van der Waals surface area (Å²) in [6.07, 6.45) is 0. The number of amides is 3. The summed E-state index contributed by atoms with van der Waals surface area (Å²) in [7, 11) is 4.71. The largest absolute Gasteiger partial charge is 0.355 e. The molecule has 2 aromatic carbocycles. The summed E-state index contributed by atoms with van der Waals surface area (Å²) in [4.78, 5) is 42.0. The third-order valence-corrected chi connectivity index (χ3v) is 7.12. The van der Waals surface area contributed by atoms with E-state index in [4.69, 9.17) is 11.6 Å². The Balaban J connectivity index is 1.71. The highest BCUT2D eigenvalue weighted by Crippen LogP contribution is 2.41. The summed E-state index contributed by atoms with van der Waals surface area (Å²) in [5.74, 6) is -1.29. The molecule has 39 heavy (non-hydrogen) atoms. The van der Waals surface area contributed by atoms with Crippen LogP contribution in [0.4, 0.5) is 15.9 Å². The summed E-state index contributed by atoms with van der Waals surface area (Å²) in [6, 6.07) is 13.2. The number of rotatable bonds is 7. The predicted octanol–water partition coefficient (Wildman–Crippen LogP) is 3.85. The van der Waals surface area contributed by atoms with Gasteiger partial charge in [-0.3, -0.25) is 14.4 Å². The molecular weight excluding hydrogens is 523 g/mol. The highest BCUT2D eigenvalue weighted by Gasteiger charge is 2.52. The number of halogens is 2. The molecule has 1 saturated heterocycles. The number of carbonyl (C=O) groups excluding carboxylic acids is 3. The lowest BCUT2D eigenvalue weighted by Crippen LogP contribution is -2.66. The summed E-state index contributed by atoms with van der Waals surface area (Å²) in [5, 5.41) is 13.3. The molecule has 204 valence electrons. The zero-order valence-electron chi connectivity index (χ0n) is 22.4. The number of aromatic nitrogens is 2. The molecule has 9 nitrogen and oxygen atoms in total. The third-order valence-electron chi connectivity index (χ3n) is 6.83. The minimum atomic E-state index is -1.03. The van der Waals surface area contributed by atoms with E-state index in [1.165, 1.54) is 18.0 Å². The van der Waals surface area contributed by atoms with Gasteiger partial charge < -0.3 is 20.4 Å². The Bertz CT molecular complexity index is 1420. The number of nitrogens with one attached hydrogen (secondary N) is 2. The van der Waals surface area contributed by atoms with Gasteiger partial charge in [0.1, 0.15) is 11.2 Å². The van der Waals surface area contributed by atoms with Crippen molar-refractivity contribution in [3.05, 3.63) is 81.8 Å². The second-order valence-electron chi connectivity index (χ2n) is 10.0. The minimum Gasteiger partial charge on any atom is -0.355 e. The Morgan fingerprint density at radius 1 is 1.08 bits per heavy atom. The lowest BCUT2D eigenvalue weighted by atomic mass is 9.69. The molecule has 11 heteroatoms. The zero-order chi connectivity index (χ0) is 28.5. The number of hydrogen-bond acceptors (Lipinski definition) is 6. The number of nitrogens with zero attached hydrogens (tertiary/aromatic N) is 4. The van der Waals surface area contributed by atoms with E-state index >= 15 is 0 Å². The quantitative estimate of drug-likeness (QED) is 0.461. The molecule has 2 N–H and O–H groups in total. The molecule has 0 radical (unpaired) electrons. The van der Waals surface area contributed by atoms with Crippen LogP contribution in [0.5, 0.6) is 0 Å². The number of anilines is 2. The highest BCUT2D eigenvalue weighted by atomic mass is 35.5. The Morgan fingerprint density at radius 2 is 1.77 bits per heavy atom. The van der Waals surface area contributed by atoms with Crippen LogP contribution < -0.4 is 15.5 Å². The highest BCUT2D eigenvalue weighted by molar-refractivity contribution is 6.31.